The number of hydrogen-bond donors (Lipinski definition) is 0. The van der Waals surface area contributed by atoms with Crippen molar-refractivity contribution >= 4 is 11.9 Å². The quantitative estimate of drug-likeness (QED) is 0.478. The minimum absolute atomic E-state index is 0.171. The molecule has 0 atom stereocenters. The number of methoxy groups -OCH3 is 1. The summed E-state index contributed by atoms with van der Waals surface area (Å²) in [4.78, 5) is 24.1. The fourth-order valence-electron chi connectivity index (χ4n) is 1.38. The second-order valence-electron chi connectivity index (χ2n) is 3.35. The highest BCUT2D eigenvalue weighted by Crippen LogP contribution is 2.04. The Bertz CT molecular complexity index is 200. The number of ether oxygens (including phenoxy) is 1. The van der Waals surface area contributed by atoms with Crippen LogP contribution in [0.3, 0.4) is 0 Å². The summed E-state index contributed by atoms with van der Waals surface area (Å²) in [5.74, 6) is -0.0323. The third-order valence-electron chi connectivity index (χ3n) is 2.37. The lowest BCUT2D eigenvalue weighted by Crippen LogP contribution is -2.30. The number of amides is 1. The van der Waals surface area contributed by atoms with Crippen molar-refractivity contribution in [2.75, 3.05) is 20.2 Å². The molecular weight excluding hydrogens is 194 g/mol. The van der Waals surface area contributed by atoms with Crippen LogP contribution in [0, 0.1) is 0 Å². The average Bonchev–Trinajstić information content (AvgIpc) is 2.25. The molecule has 0 N–H and O–H groups in total. The van der Waals surface area contributed by atoms with Crippen LogP contribution in [-0.2, 0) is 14.3 Å². The van der Waals surface area contributed by atoms with Crippen LogP contribution >= 0.6 is 0 Å². The first-order valence-corrected chi connectivity index (χ1v) is 5.50. The van der Waals surface area contributed by atoms with Gasteiger partial charge in [0.2, 0.25) is 5.91 Å². The zero-order valence-corrected chi connectivity index (χ0v) is 9.91. The summed E-state index contributed by atoms with van der Waals surface area (Å²) in [5, 5.41) is 0. The average molecular weight is 215 g/mol. The number of carbonyl (C=O) groups is 2. The molecule has 4 heteroatoms. The summed E-state index contributed by atoms with van der Waals surface area (Å²) in [6.07, 6.45) is 2.41. The van der Waals surface area contributed by atoms with Gasteiger partial charge in [0.15, 0.2) is 0 Å². The topological polar surface area (TPSA) is 46.6 Å². The fourth-order valence-corrected chi connectivity index (χ4v) is 1.38. The molecule has 0 aliphatic carbocycles. The minimum atomic E-state index is -0.203. The van der Waals surface area contributed by atoms with E-state index < -0.39 is 0 Å². The molecule has 0 radical (unpaired) electrons. The predicted octanol–water partition coefficient (Wildman–Crippen LogP) is 1.59. The molecule has 1 amide bonds. The number of carbonyl (C=O) groups excluding carboxylic acids is 2. The molecule has 0 aromatic heterocycles. The first-order valence-electron chi connectivity index (χ1n) is 5.50. The third-order valence-corrected chi connectivity index (χ3v) is 2.37. The van der Waals surface area contributed by atoms with Gasteiger partial charge in [-0.1, -0.05) is 0 Å². The van der Waals surface area contributed by atoms with Crippen molar-refractivity contribution in [2.24, 2.45) is 0 Å². The van der Waals surface area contributed by atoms with E-state index in [9.17, 15) is 9.59 Å². The molecule has 4 nitrogen and oxygen atoms in total. The lowest BCUT2D eigenvalue weighted by molar-refractivity contribution is -0.141. The number of hydrogen-bond acceptors (Lipinski definition) is 3. The summed E-state index contributed by atoms with van der Waals surface area (Å²) in [6.45, 7) is 5.45. The highest BCUT2D eigenvalue weighted by Gasteiger charge is 2.09. The zero-order valence-electron chi connectivity index (χ0n) is 9.91. The van der Waals surface area contributed by atoms with E-state index >= 15 is 0 Å². The Morgan fingerprint density at radius 3 is 2.07 bits per heavy atom. The van der Waals surface area contributed by atoms with Gasteiger partial charge in [-0.05, 0) is 26.7 Å². The first-order chi connectivity index (χ1) is 7.15. The van der Waals surface area contributed by atoms with E-state index in [1.807, 2.05) is 13.8 Å². The summed E-state index contributed by atoms with van der Waals surface area (Å²) >= 11 is 0. The molecule has 0 aromatic rings. The van der Waals surface area contributed by atoms with E-state index in [1.165, 1.54) is 7.11 Å². The normalized spacial score (nSPS) is 9.80. The molecular formula is C11H21NO3. The van der Waals surface area contributed by atoms with Gasteiger partial charge in [-0.15, -0.1) is 0 Å². The SMILES string of the molecule is CCN(CC)C(=O)CCCCC(=O)OC. The van der Waals surface area contributed by atoms with Crippen LogP contribution in [-0.4, -0.2) is 37.0 Å². The maximum absolute atomic E-state index is 11.5. The fraction of sp³-hybridized carbons (Fsp3) is 0.818. The Balaban J connectivity index is 3.58. The zero-order chi connectivity index (χ0) is 11.7. The van der Waals surface area contributed by atoms with Gasteiger partial charge < -0.3 is 9.64 Å². The number of nitrogens with zero attached hydrogens (tertiary/aromatic N) is 1. The van der Waals surface area contributed by atoms with Gasteiger partial charge in [-0.2, -0.15) is 0 Å². The Hall–Kier alpha value is -1.06. The van der Waals surface area contributed by atoms with Gasteiger partial charge in [-0.25, -0.2) is 0 Å². The summed E-state index contributed by atoms with van der Waals surface area (Å²) in [7, 11) is 1.38. The van der Waals surface area contributed by atoms with Gasteiger partial charge >= 0.3 is 5.97 Å². The van der Waals surface area contributed by atoms with E-state index in [-0.39, 0.29) is 11.9 Å². The number of unbranched alkanes of at least 4 members (excludes halogenated alkanes) is 1. The van der Waals surface area contributed by atoms with Crippen LogP contribution in [0.1, 0.15) is 39.5 Å². The highest BCUT2D eigenvalue weighted by atomic mass is 16.5. The maximum atomic E-state index is 11.5. The summed E-state index contributed by atoms with van der Waals surface area (Å²) in [5.41, 5.74) is 0. The van der Waals surface area contributed by atoms with E-state index in [0.717, 1.165) is 25.9 Å². The van der Waals surface area contributed by atoms with Gasteiger partial charge in [-0.3, -0.25) is 9.59 Å². The van der Waals surface area contributed by atoms with Crippen molar-refractivity contribution in [2.45, 2.75) is 39.5 Å². The van der Waals surface area contributed by atoms with Gasteiger partial charge in [0.1, 0.15) is 0 Å². The van der Waals surface area contributed by atoms with Crippen molar-refractivity contribution in [1.29, 1.82) is 0 Å². The maximum Gasteiger partial charge on any atom is 0.305 e. The van der Waals surface area contributed by atoms with Crippen LogP contribution < -0.4 is 0 Å². The smallest absolute Gasteiger partial charge is 0.305 e. The minimum Gasteiger partial charge on any atom is -0.469 e. The van der Waals surface area contributed by atoms with Gasteiger partial charge in [0.25, 0.3) is 0 Å². The van der Waals surface area contributed by atoms with E-state index in [2.05, 4.69) is 4.74 Å². The standard InChI is InChI=1S/C11H21NO3/c1-4-12(5-2)10(13)8-6-7-9-11(14)15-3/h4-9H2,1-3H3. The summed E-state index contributed by atoms with van der Waals surface area (Å²) < 4.78 is 4.51. The van der Waals surface area contributed by atoms with Crippen LogP contribution in [0.5, 0.6) is 0 Å². The van der Waals surface area contributed by atoms with Crippen LogP contribution in [0.2, 0.25) is 0 Å². The lowest BCUT2D eigenvalue weighted by atomic mass is 10.2. The molecule has 0 bridgehead atoms. The molecule has 0 aliphatic rings. The molecule has 0 fully saturated rings. The van der Waals surface area contributed by atoms with Gasteiger partial charge in [0.05, 0.1) is 7.11 Å². The molecule has 0 saturated carbocycles. The predicted molar refractivity (Wildman–Crippen MR) is 58.4 cm³/mol. The molecule has 88 valence electrons. The summed E-state index contributed by atoms with van der Waals surface area (Å²) in [6, 6.07) is 0. The highest BCUT2D eigenvalue weighted by molar-refractivity contribution is 5.76. The largest absolute Gasteiger partial charge is 0.469 e. The molecule has 0 aliphatic heterocycles. The van der Waals surface area contributed by atoms with Crippen LogP contribution in [0.15, 0.2) is 0 Å². The monoisotopic (exact) mass is 215 g/mol. The third kappa shape index (κ3) is 6.10. The Labute approximate surface area is 91.6 Å². The molecule has 0 aromatic carbocycles. The second-order valence-corrected chi connectivity index (χ2v) is 3.35. The number of rotatable bonds is 7. The van der Waals surface area contributed by atoms with E-state index in [1.54, 1.807) is 4.90 Å². The molecule has 0 spiro atoms. The van der Waals surface area contributed by atoms with E-state index in [0.29, 0.717) is 12.8 Å². The van der Waals surface area contributed by atoms with Crippen molar-refractivity contribution in [3.8, 4) is 0 Å². The Kier molecular flexibility index (Phi) is 7.68. The molecule has 0 unspecified atom stereocenters. The lowest BCUT2D eigenvalue weighted by Gasteiger charge is -2.18. The molecule has 0 rings (SSSR count). The van der Waals surface area contributed by atoms with Gasteiger partial charge in [0, 0.05) is 25.9 Å². The van der Waals surface area contributed by atoms with Crippen molar-refractivity contribution < 1.29 is 14.3 Å². The number of esters is 1. The van der Waals surface area contributed by atoms with Crippen molar-refractivity contribution in [3.05, 3.63) is 0 Å². The molecule has 15 heavy (non-hydrogen) atoms. The van der Waals surface area contributed by atoms with Crippen LogP contribution in [0.4, 0.5) is 0 Å². The Morgan fingerprint density at radius 1 is 1.07 bits per heavy atom. The first kappa shape index (κ1) is 13.9. The Morgan fingerprint density at radius 2 is 1.60 bits per heavy atom. The van der Waals surface area contributed by atoms with E-state index in [4.69, 9.17) is 0 Å². The van der Waals surface area contributed by atoms with Crippen LogP contribution in [0.25, 0.3) is 0 Å². The van der Waals surface area contributed by atoms with Crippen molar-refractivity contribution in [3.63, 3.8) is 0 Å². The molecule has 0 saturated heterocycles. The second kappa shape index (κ2) is 8.26. The molecule has 0 heterocycles. The van der Waals surface area contributed by atoms with Crippen molar-refractivity contribution in [1.82, 2.24) is 4.90 Å².